The first-order valence-corrected chi connectivity index (χ1v) is 9.23. The summed E-state index contributed by atoms with van der Waals surface area (Å²) in [6, 6.07) is 12.3. The van der Waals surface area contributed by atoms with E-state index >= 15 is 0 Å². The molecular formula is C21H21N3O4. The molecule has 3 heterocycles. The molecule has 0 radical (unpaired) electrons. The summed E-state index contributed by atoms with van der Waals surface area (Å²) in [7, 11) is 0. The van der Waals surface area contributed by atoms with E-state index in [0.717, 1.165) is 25.0 Å². The number of aromatic nitrogens is 1. The van der Waals surface area contributed by atoms with Crippen molar-refractivity contribution >= 4 is 16.9 Å². The second-order valence-corrected chi connectivity index (χ2v) is 6.76. The second-order valence-electron chi connectivity index (χ2n) is 6.76. The molecule has 0 saturated carbocycles. The number of carbonyl (C=O) groups excluding carboxylic acids is 1. The van der Waals surface area contributed by atoms with Crippen molar-refractivity contribution < 1.29 is 13.9 Å². The largest absolute Gasteiger partial charge is 0.484 e. The molecule has 1 aromatic carbocycles. The van der Waals surface area contributed by atoms with Crippen LogP contribution in [0.1, 0.15) is 5.56 Å². The molecule has 1 aliphatic rings. The monoisotopic (exact) mass is 379 g/mol. The van der Waals surface area contributed by atoms with Crippen molar-refractivity contribution in [1.82, 2.24) is 14.8 Å². The number of carbonyl (C=O) groups is 1. The van der Waals surface area contributed by atoms with Gasteiger partial charge in [-0.3, -0.25) is 14.7 Å². The predicted octanol–water partition coefficient (Wildman–Crippen LogP) is 1.91. The predicted molar refractivity (Wildman–Crippen MR) is 104 cm³/mol. The van der Waals surface area contributed by atoms with Gasteiger partial charge in [-0.05, 0) is 29.8 Å². The normalized spacial score (nSPS) is 14.9. The van der Waals surface area contributed by atoms with Gasteiger partial charge < -0.3 is 14.1 Å². The summed E-state index contributed by atoms with van der Waals surface area (Å²) in [5.74, 6) is 0.459. The van der Waals surface area contributed by atoms with E-state index in [1.165, 1.54) is 11.6 Å². The van der Waals surface area contributed by atoms with Crippen molar-refractivity contribution in [3.05, 3.63) is 70.8 Å². The Kier molecular flexibility index (Phi) is 5.34. The molecule has 1 aliphatic heterocycles. The number of benzene rings is 1. The van der Waals surface area contributed by atoms with Gasteiger partial charge in [-0.2, -0.15) is 0 Å². The molecular weight excluding hydrogens is 358 g/mol. The number of pyridine rings is 1. The van der Waals surface area contributed by atoms with E-state index in [-0.39, 0.29) is 12.5 Å². The van der Waals surface area contributed by atoms with Crippen molar-refractivity contribution in [1.29, 1.82) is 0 Å². The first-order valence-electron chi connectivity index (χ1n) is 9.23. The maximum Gasteiger partial charge on any atom is 0.336 e. The Labute approximate surface area is 162 Å². The minimum Gasteiger partial charge on any atom is -0.484 e. The van der Waals surface area contributed by atoms with E-state index in [1.54, 1.807) is 30.5 Å². The van der Waals surface area contributed by atoms with Crippen LogP contribution < -0.4 is 10.4 Å². The number of ether oxygens (including phenoxy) is 1. The average molecular weight is 379 g/mol. The highest BCUT2D eigenvalue weighted by Crippen LogP contribution is 2.19. The molecule has 144 valence electrons. The lowest BCUT2D eigenvalue weighted by Crippen LogP contribution is -2.49. The number of nitrogens with zero attached hydrogens (tertiary/aromatic N) is 3. The van der Waals surface area contributed by atoms with Crippen molar-refractivity contribution in [2.24, 2.45) is 0 Å². The molecule has 28 heavy (non-hydrogen) atoms. The van der Waals surface area contributed by atoms with Crippen LogP contribution in [0.2, 0.25) is 0 Å². The maximum absolute atomic E-state index is 12.5. The van der Waals surface area contributed by atoms with Gasteiger partial charge in [0.25, 0.3) is 5.91 Å². The van der Waals surface area contributed by atoms with Gasteiger partial charge in [0.15, 0.2) is 6.61 Å². The van der Waals surface area contributed by atoms with Gasteiger partial charge >= 0.3 is 5.63 Å². The van der Waals surface area contributed by atoms with Crippen LogP contribution in [0.4, 0.5) is 0 Å². The summed E-state index contributed by atoms with van der Waals surface area (Å²) < 4.78 is 10.8. The highest BCUT2D eigenvalue weighted by Gasteiger charge is 2.21. The van der Waals surface area contributed by atoms with Gasteiger partial charge in [0, 0.05) is 62.6 Å². The molecule has 1 fully saturated rings. The van der Waals surface area contributed by atoms with Gasteiger partial charge in [0.05, 0.1) is 0 Å². The summed E-state index contributed by atoms with van der Waals surface area (Å²) in [6.45, 7) is 3.80. The van der Waals surface area contributed by atoms with E-state index in [2.05, 4.69) is 16.0 Å². The number of rotatable bonds is 5. The fourth-order valence-electron chi connectivity index (χ4n) is 3.27. The number of hydrogen-bond acceptors (Lipinski definition) is 6. The molecule has 1 amide bonds. The molecule has 4 rings (SSSR count). The molecule has 3 aromatic rings. The highest BCUT2D eigenvalue weighted by atomic mass is 16.5. The molecule has 0 bridgehead atoms. The standard InChI is InChI=1S/C21H21N3O4/c25-20(15-27-18-5-3-17-4-6-21(26)28-19(17)12-18)24-10-8-23(9-11-24)14-16-2-1-7-22-13-16/h1-7,12-13H,8-11,14-15H2. The zero-order chi connectivity index (χ0) is 19.3. The third-order valence-corrected chi connectivity index (χ3v) is 4.81. The highest BCUT2D eigenvalue weighted by molar-refractivity contribution is 5.79. The third kappa shape index (κ3) is 4.37. The van der Waals surface area contributed by atoms with Gasteiger partial charge in [-0.15, -0.1) is 0 Å². The maximum atomic E-state index is 12.5. The molecule has 0 aliphatic carbocycles. The van der Waals surface area contributed by atoms with E-state index in [1.807, 2.05) is 17.2 Å². The van der Waals surface area contributed by atoms with E-state index in [4.69, 9.17) is 9.15 Å². The van der Waals surface area contributed by atoms with Gasteiger partial charge in [0.1, 0.15) is 11.3 Å². The van der Waals surface area contributed by atoms with E-state index in [9.17, 15) is 9.59 Å². The van der Waals surface area contributed by atoms with Crippen molar-refractivity contribution in [3.8, 4) is 5.75 Å². The Morgan fingerprint density at radius 3 is 2.71 bits per heavy atom. The molecule has 1 saturated heterocycles. The number of hydrogen-bond donors (Lipinski definition) is 0. The summed E-state index contributed by atoms with van der Waals surface area (Å²) >= 11 is 0. The fraction of sp³-hybridized carbons (Fsp3) is 0.286. The lowest BCUT2D eigenvalue weighted by Gasteiger charge is -2.34. The van der Waals surface area contributed by atoms with Gasteiger partial charge in [0.2, 0.25) is 0 Å². The smallest absolute Gasteiger partial charge is 0.336 e. The van der Waals surface area contributed by atoms with Gasteiger partial charge in [-0.25, -0.2) is 4.79 Å². The Balaban J connectivity index is 1.28. The molecule has 2 aromatic heterocycles. The summed E-state index contributed by atoms with van der Waals surface area (Å²) in [5.41, 5.74) is 1.21. The van der Waals surface area contributed by atoms with Crippen molar-refractivity contribution in [2.45, 2.75) is 6.54 Å². The van der Waals surface area contributed by atoms with Crippen molar-refractivity contribution in [3.63, 3.8) is 0 Å². The number of fused-ring (bicyclic) bond motifs is 1. The average Bonchev–Trinajstić information content (AvgIpc) is 2.73. The summed E-state index contributed by atoms with van der Waals surface area (Å²) in [5, 5.41) is 0.808. The fourth-order valence-corrected chi connectivity index (χ4v) is 3.27. The number of amides is 1. The molecule has 0 N–H and O–H groups in total. The van der Waals surface area contributed by atoms with Crippen LogP contribution >= 0.6 is 0 Å². The van der Waals surface area contributed by atoms with Crippen LogP contribution in [0.3, 0.4) is 0 Å². The minimum absolute atomic E-state index is 0.0365. The topological polar surface area (TPSA) is 75.9 Å². The molecule has 0 unspecified atom stereocenters. The van der Waals surface area contributed by atoms with Crippen LogP contribution in [-0.4, -0.2) is 53.5 Å². The first kappa shape index (κ1) is 18.2. The van der Waals surface area contributed by atoms with Gasteiger partial charge in [-0.1, -0.05) is 6.07 Å². The van der Waals surface area contributed by atoms with Crippen LogP contribution in [0.5, 0.6) is 5.75 Å². The molecule has 0 atom stereocenters. The van der Waals surface area contributed by atoms with Crippen LogP contribution in [0.15, 0.2) is 64.1 Å². The number of piperazine rings is 1. The minimum atomic E-state index is -0.412. The lowest BCUT2D eigenvalue weighted by atomic mass is 10.2. The zero-order valence-corrected chi connectivity index (χ0v) is 15.4. The molecule has 7 heteroatoms. The molecule has 0 spiro atoms. The first-order chi connectivity index (χ1) is 13.7. The Morgan fingerprint density at radius 2 is 1.93 bits per heavy atom. The summed E-state index contributed by atoms with van der Waals surface area (Å²) in [6.07, 6.45) is 3.64. The Hall–Kier alpha value is -3.19. The zero-order valence-electron chi connectivity index (χ0n) is 15.4. The quantitative estimate of drug-likeness (QED) is 0.631. The van der Waals surface area contributed by atoms with Crippen LogP contribution in [-0.2, 0) is 11.3 Å². The Bertz CT molecular complexity index is 1010. The van der Waals surface area contributed by atoms with Crippen LogP contribution in [0.25, 0.3) is 11.0 Å². The van der Waals surface area contributed by atoms with E-state index in [0.29, 0.717) is 24.4 Å². The lowest BCUT2D eigenvalue weighted by molar-refractivity contribution is -0.135. The SMILES string of the molecule is O=C(COc1ccc2ccc(=O)oc2c1)N1CCN(Cc2cccnc2)CC1. The van der Waals surface area contributed by atoms with E-state index < -0.39 is 5.63 Å². The second kappa shape index (κ2) is 8.22. The Morgan fingerprint density at radius 1 is 1.11 bits per heavy atom. The van der Waals surface area contributed by atoms with Crippen molar-refractivity contribution in [2.75, 3.05) is 32.8 Å². The molecule has 7 nitrogen and oxygen atoms in total. The third-order valence-electron chi connectivity index (χ3n) is 4.81. The summed E-state index contributed by atoms with van der Waals surface area (Å²) in [4.78, 5) is 32.1. The van der Waals surface area contributed by atoms with Crippen LogP contribution in [0, 0.1) is 0 Å².